The molecule has 0 atom stereocenters. The average Bonchev–Trinajstić information content (AvgIpc) is 2.70. The van der Waals surface area contributed by atoms with E-state index in [4.69, 9.17) is 4.74 Å². The van der Waals surface area contributed by atoms with Gasteiger partial charge >= 0.3 is 0 Å². The minimum absolute atomic E-state index is 0.747. The van der Waals surface area contributed by atoms with Gasteiger partial charge in [-0.2, -0.15) is 0 Å². The molecule has 0 aliphatic carbocycles. The Kier molecular flexibility index (Phi) is 5.81. The van der Waals surface area contributed by atoms with Crippen LogP contribution in [0.5, 0.6) is 5.75 Å². The quantitative estimate of drug-likeness (QED) is 0.555. The SMILES string of the molecule is C/C=C(/C=O)c1cc(-c2cc(C)ccc2OC)c2c(c1C)CN(CC)CC2. The summed E-state index contributed by atoms with van der Waals surface area (Å²) in [6.07, 6.45) is 3.88. The number of benzene rings is 2. The number of ether oxygens (including phenoxy) is 1. The van der Waals surface area contributed by atoms with Gasteiger partial charge in [-0.05, 0) is 79.8 Å². The van der Waals surface area contributed by atoms with E-state index in [0.717, 1.165) is 54.8 Å². The van der Waals surface area contributed by atoms with Crippen molar-refractivity contribution in [1.29, 1.82) is 0 Å². The van der Waals surface area contributed by atoms with Gasteiger partial charge in [-0.1, -0.05) is 24.6 Å². The van der Waals surface area contributed by atoms with Crippen molar-refractivity contribution in [2.24, 2.45) is 0 Å². The van der Waals surface area contributed by atoms with E-state index in [9.17, 15) is 4.79 Å². The molecule has 0 saturated carbocycles. The average molecular weight is 364 g/mol. The van der Waals surface area contributed by atoms with Crippen molar-refractivity contribution in [3.8, 4) is 16.9 Å². The number of carbonyl (C=O) groups is 1. The zero-order valence-electron chi connectivity index (χ0n) is 17.1. The molecule has 0 aromatic heterocycles. The smallest absolute Gasteiger partial charge is 0.150 e. The standard InChI is InChI=1S/C24H29NO2/c1-6-18(15-26)20-13-21(22-12-16(3)8-9-24(22)27-5)19-10-11-25(7-2)14-23(19)17(20)4/h6,8-9,12-13,15H,7,10-11,14H2,1-5H3/b18-6-. The van der Waals surface area contributed by atoms with Crippen LogP contribution >= 0.6 is 0 Å². The predicted molar refractivity (Wildman–Crippen MR) is 112 cm³/mol. The molecule has 0 fully saturated rings. The molecule has 0 unspecified atom stereocenters. The monoisotopic (exact) mass is 363 g/mol. The van der Waals surface area contributed by atoms with E-state index in [1.54, 1.807) is 7.11 Å². The van der Waals surface area contributed by atoms with Crippen LogP contribution in [-0.4, -0.2) is 31.4 Å². The molecular formula is C24H29NO2. The van der Waals surface area contributed by atoms with Crippen molar-refractivity contribution >= 4 is 11.9 Å². The number of methoxy groups -OCH3 is 1. The molecule has 142 valence electrons. The second-order valence-corrected chi connectivity index (χ2v) is 7.24. The van der Waals surface area contributed by atoms with Crippen LogP contribution in [0.3, 0.4) is 0 Å². The van der Waals surface area contributed by atoms with Gasteiger partial charge in [0.05, 0.1) is 7.11 Å². The molecule has 2 aromatic rings. The summed E-state index contributed by atoms with van der Waals surface area (Å²) in [4.78, 5) is 14.2. The topological polar surface area (TPSA) is 29.5 Å². The van der Waals surface area contributed by atoms with Crippen molar-refractivity contribution in [2.45, 2.75) is 40.7 Å². The van der Waals surface area contributed by atoms with E-state index >= 15 is 0 Å². The fourth-order valence-corrected chi connectivity index (χ4v) is 4.09. The molecule has 0 bridgehead atoms. The van der Waals surface area contributed by atoms with Gasteiger partial charge in [0.1, 0.15) is 12.0 Å². The Hall–Kier alpha value is -2.39. The fraction of sp³-hybridized carbons (Fsp3) is 0.375. The van der Waals surface area contributed by atoms with Gasteiger partial charge in [0.25, 0.3) is 0 Å². The number of allylic oxidation sites excluding steroid dienone is 2. The first kappa shape index (κ1) is 19.4. The van der Waals surface area contributed by atoms with Gasteiger partial charge in [-0.25, -0.2) is 0 Å². The molecular weight excluding hydrogens is 334 g/mol. The Balaban J connectivity index is 2.33. The van der Waals surface area contributed by atoms with Gasteiger partial charge in [-0.15, -0.1) is 0 Å². The van der Waals surface area contributed by atoms with Crippen molar-refractivity contribution < 1.29 is 9.53 Å². The highest BCUT2D eigenvalue weighted by Gasteiger charge is 2.24. The van der Waals surface area contributed by atoms with Gasteiger partial charge < -0.3 is 4.74 Å². The zero-order valence-corrected chi connectivity index (χ0v) is 17.1. The summed E-state index contributed by atoms with van der Waals surface area (Å²) >= 11 is 0. The molecule has 1 aliphatic rings. The van der Waals surface area contributed by atoms with E-state index in [-0.39, 0.29) is 0 Å². The maximum absolute atomic E-state index is 11.7. The summed E-state index contributed by atoms with van der Waals surface area (Å²) in [5.74, 6) is 0.878. The van der Waals surface area contributed by atoms with E-state index in [2.05, 4.69) is 43.9 Å². The summed E-state index contributed by atoms with van der Waals surface area (Å²) in [6, 6.07) is 8.49. The third-order valence-electron chi connectivity index (χ3n) is 5.74. The Morgan fingerprint density at radius 3 is 2.59 bits per heavy atom. The number of fused-ring (bicyclic) bond motifs is 1. The predicted octanol–water partition coefficient (Wildman–Crippen LogP) is 4.96. The molecule has 3 nitrogen and oxygen atoms in total. The van der Waals surface area contributed by atoms with Gasteiger partial charge in [0, 0.05) is 24.2 Å². The molecule has 0 N–H and O–H groups in total. The molecule has 0 amide bonds. The van der Waals surface area contributed by atoms with Crippen molar-refractivity contribution in [3.63, 3.8) is 0 Å². The maximum atomic E-state index is 11.7. The van der Waals surface area contributed by atoms with Crippen LogP contribution in [0, 0.1) is 13.8 Å². The van der Waals surface area contributed by atoms with Crippen LogP contribution in [0.4, 0.5) is 0 Å². The van der Waals surface area contributed by atoms with E-state index in [0.29, 0.717) is 0 Å². The number of carbonyl (C=O) groups excluding carboxylic acids is 1. The Morgan fingerprint density at radius 2 is 1.96 bits per heavy atom. The van der Waals surface area contributed by atoms with Crippen LogP contribution in [0.25, 0.3) is 16.7 Å². The number of hydrogen-bond acceptors (Lipinski definition) is 3. The lowest BCUT2D eigenvalue weighted by atomic mass is 9.83. The normalized spacial score (nSPS) is 14.8. The zero-order chi connectivity index (χ0) is 19.6. The highest BCUT2D eigenvalue weighted by molar-refractivity contribution is 6.08. The van der Waals surface area contributed by atoms with Crippen LogP contribution in [0.1, 0.15) is 41.7 Å². The molecule has 27 heavy (non-hydrogen) atoms. The number of aryl methyl sites for hydroxylation is 1. The van der Waals surface area contributed by atoms with E-state index < -0.39 is 0 Å². The van der Waals surface area contributed by atoms with Crippen molar-refractivity contribution in [2.75, 3.05) is 20.2 Å². The summed E-state index contributed by atoms with van der Waals surface area (Å²) < 4.78 is 5.68. The number of hydrogen-bond donors (Lipinski definition) is 0. The number of aldehydes is 1. The highest BCUT2D eigenvalue weighted by Crippen LogP contribution is 2.40. The van der Waals surface area contributed by atoms with Gasteiger partial charge in [0.2, 0.25) is 0 Å². The first-order chi connectivity index (χ1) is 13.0. The summed E-state index contributed by atoms with van der Waals surface area (Å²) in [5, 5.41) is 0. The summed E-state index contributed by atoms with van der Waals surface area (Å²) in [7, 11) is 1.72. The van der Waals surface area contributed by atoms with Crippen LogP contribution < -0.4 is 4.74 Å². The van der Waals surface area contributed by atoms with Crippen molar-refractivity contribution in [1.82, 2.24) is 4.90 Å². The first-order valence-electron chi connectivity index (χ1n) is 9.68. The Morgan fingerprint density at radius 1 is 1.19 bits per heavy atom. The van der Waals surface area contributed by atoms with Crippen molar-refractivity contribution in [3.05, 3.63) is 58.2 Å². The molecule has 1 aliphatic heterocycles. The van der Waals surface area contributed by atoms with Crippen LogP contribution in [0.15, 0.2) is 30.3 Å². The van der Waals surface area contributed by atoms with Gasteiger partial charge in [-0.3, -0.25) is 9.69 Å². The largest absolute Gasteiger partial charge is 0.496 e. The van der Waals surface area contributed by atoms with Crippen LogP contribution in [-0.2, 0) is 17.8 Å². The number of nitrogens with zero attached hydrogens (tertiary/aromatic N) is 1. The van der Waals surface area contributed by atoms with E-state index in [1.807, 2.05) is 19.1 Å². The third-order valence-corrected chi connectivity index (χ3v) is 5.74. The molecule has 0 saturated heterocycles. The molecule has 1 heterocycles. The molecule has 3 heteroatoms. The second kappa shape index (κ2) is 8.10. The van der Waals surface area contributed by atoms with E-state index in [1.165, 1.54) is 27.8 Å². The molecule has 0 spiro atoms. The minimum Gasteiger partial charge on any atom is -0.496 e. The first-order valence-corrected chi connectivity index (χ1v) is 9.68. The number of rotatable bonds is 5. The lowest BCUT2D eigenvalue weighted by Crippen LogP contribution is -2.31. The Bertz CT molecular complexity index is 896. The molecule has 3 rings (SSSR count). The third kappa shape index (κ3) is 3.57. The molecule has 0 radical (unpaired) electrons. The van der Waals surface area contributed by atoms with Crippen LogP contribution in [0.2, 0.25) is 0 Å². The second-order valence-electron chi connectivity index (χ2n) is 7.24. The summed E-state index contributed by atoms with van der Waals surface area (Å²) in [6.45, 7) is 11.4. The summed E-state index contributed by atoms with van der Waals surface area (Å²) in [5.41, 5.74) is 9.27. The lowest BCUT2D eigenvalue weighted by Gasteiger charge is -2.32. The Labute approximate surface area is 162 Å². The van der Waals surface area contributed by atoms with Gasteiger partial charge in [0.15, 0.2) is 0 Å². The lowest BCUT2D eigenvalue weighted by molar-refractivity contribution is -0.103. The number of likely N-dealkylation sites (N-methyl/N-ethyl adjacent to an activating group) is 1. The minimum atomic E-state index is 0.747. The fourth-order valence-electron chi connectivity index (χ4n) is 4.09. The highest BCUT2D eigenvalue weighted by atomic mass is 16.5. The molecule has 2 aromatic carbocycles. The maximum Gasteiger partial charge on any atom is 0.150 e.